The Kier molecular flexibility index (Phi) is 5.82. The van der Waals surface area contributed by atoms with Gasteiger partial charge in [0.05, 0.1) is 0 Å². The zero-order valence-electron chi connectivity index (χ0n) is 10.9. The molecule has 2 rings (SSSR count). The lowest BCUT2D eigenvalue weighted by atomic mass is 10.00. The summed E-state index contributed by atoms with van der Waals surface area (Å²) in [5, 5.41) is 0. The van der Waals surface area contributed by atoms with Crippen LogP contribution in [0.5, 0.6) is 0 Å². The van der Waals surface area contributed by atoms with Crippen molar-refractivity contribution in [3.8, 4) is 0 Å². The summed E-state index contributed by atoms with van der Waals surface area (Å²) in [7, 11) is 0. The maximum atomic E-state index is 5.67. The Morgan fingerprint density at radius 2 is 1.68 bits per heavy atom. The zero-order chi connectivity index (χ0) is 13.5. The smallest absolute Gasteiger partial charge is 0.0460 e. The van der Waals surface area contributed by atoms with Gasteiger partial charge < -0.3 is 0 Å². The third-order valence-corrected chi connectivity index (χ3v) is 3.99. The molecule has 0 bridgehead atoms. The molecule has 0 aromatic heterocycles. The van der Waals surface area contributed by atoms with Crippen molar-refractivity contribution in [2.45, 2.75) is 25.3 Å². The molecule has 19 heavy (non-hydrogen) atoms. The summed E-state index contributed by atoms with van der Waals surface area (Å²) in [4.78, 5) is 0. The lowest BCUT2D eigenvalue weighted by Crippen LogP contribution is -2.28. The number of hydrazine groups is 1. The van der Waals surface area contributed by atoms with E-state index in [0.29, 0.717) is 0 Å². The predicted octanol–water partition coefficient (Wildman–Crippen LogP) is 3.82. The molecule has 2 nitrogen and oxygen atoms in total. The molecule has 1 unspecified atom stereocenters. The first kappa shape index (κ1) is 14.5. The van der Waals surface area contributed by atoms with Crippen LogP contribution >= 0.6 is 22.6 Å². The number of benzene rings is 2. The topological polar surface area (TPSA) is 38.0 Å². The first-order valence-electron chi connectivity index (χ1n) is 6.55. The summed E-state index contributed by atoms with van der Waals surface area (Å²) in [5.74, 6) is 5.67. The van der Waals surface area contributed by atoms with Crippen molar-refractivity contribution in [1.82, 2.24) is 5.43 Å². The lowest BCUT2D eigenvalue weighted by Gasteiger charge is -2.16. The minimum Gasteiger partial charge on any atom is -0.271 e. The number of hydrogen-bond donors (Lipinski definition) is 2. The highest BCUT2D eigenvalue weighted by atomic mass is 127. The third kappa shape index (κ3) is 4.60. The Labute approximate surface area is 128 Å². The second kappa shape index (κ2) is 7.62. The summed E-state index contributed by atoms with van der Waals surface area (Å²) in [6.07, 6.45) is 3.28. The first-order chi connectivity index (χ1) is 9.29. The average Bonchev–Trinajstić information content (AvgIpc) is 2.46. The van der Waals surface area contributed by atoms with Gasteiger partial charge in [0.25, 0.3) is 0 Å². The van der Waals surface area contributed by atoms with Crippen molar-refractivity contribution in [2.75, 3.05) is 0 Å². The summed E-state index contributed by atoms with van der Waals surface area (Å²) in [6.45, 7) is 0. The maximum absolute atomic E-state index is 5.67. The summed E-state index contributed by atoms with van der Waals surface area (Å²) in [6, 6.07) is 19.4. The van der Waals surface area contributed by atoms with E-state index in [9.17, 15) is 0 Å². The minimum atomic E-state index is 0.237. The van der Waals surface area contributed by atoms with Crippen LogP contribution in [0.1, 0.15) is 30.0 Å². The van der Waals surface area contributed by atoms with E-state index in [0.717, 1.165) is 19.3 Å². The molecule has 0 fully saturated rings. The van der Waals surface area contributed by atoms with Crippen LogP contribution in [0.15, 0.2) is 54.6 Å². The average molecular weight is 366 g/mol. The van der Waals surface area contributed by atoms with Crippen LogP contribution in [0.25, 0.3) is 0 Å². The minimum absolute atomic E-state index is 0.237. The summed E-state index contributed by atoms with van der Waals surface area (Å²) < 4.78 is 1.25. The van der Waals surface area contributed by atoms with Gasteiger partial charge in [0.1, 0.15) is 0 Å². The Morgan fingerprint density at radius 1 is 1.00 bits per heavy atom. The van der Waals surface area contributed by atoms with Crippen molar-refractivity contribution >= 4 is 22.6 Å². The molecule has 3 N–H and O–H groups in total. The number of halogens is 1. The second-order valence-corrected chi connectivity index (χ2v) is 5.89. The van der Waals surface area contributed by atoms with Crippen LogP contribution < -0.4 is 11.3 Å². The van der Waals surface area contributed by atoms with Gasteiger partial charge >= 0.3 is 0 Å². The predicted molar refractivity (Wildman–Crippen MR) is 88.6 cm³/mol. The van der Waals surface area contributed by atoms with E-state index >= 15 is 0 Å². The molecule has 0 aliphatic heterocycles. The fourth-order valence-corrected chi connectivity index (χ4v) is 2.56. The lowest BCUT2D eigenvalue weighted by molar-refractivity contribution is 0.498. The van der Waals surface area contributed by atoms with Gasteiger partial charge in [0, 0.05) is 9.61 Å². The fourth-order valence-electron chi connectivity index (χ4n) is 2.20. The van der Waals surface area contributed by atoms with Crippen molar-refractivity contribution in [3.05, 3.63) is 69.3 Å². The second-order valence-electron chi connectivity index (χ2n) is 4.65. The van der Waals surface area contributed by atoms with Crippen LogP contribution in [0.4, 0.5) is 0 Å². The number of rotatable bonds is 6. The Balaban J connectivity index is 1.87. The molecule has 0 saturated carbocycles. The van der Waals surface area contributed by atoms with E-state index in [4.69, 9.17) is 5.84 Å². The van der Waals surface area contributed by atoms with Gasteiger partial charge in [0.2, 0.25) is 0 Å². The Bertz CT molecular complexity index is 482. The standard InChI is InChI=1S/C16H19IN2/c17-15-11-9-14(10-12-15)16(19-18)8-4-7-13-5-2-1-3-6-13/h1-3,5-6,9-12,16,19H,4,7-8,18H2. The molecule has 0 radical (unpaired) electrons. The van der Waals surface area contributed by atoms with Gasteiger partial charge in [0.15, 0.2) is 0 Å². The van der Waals surface area contributed by atoms with Gasteiger partial charge in [-0.3, -0.25) is 11.3 Å². The number of nitrogens with two attached hydrogens (primary N) is 1. The van der Waals surface area contributed by atoms with Crippen molar-refractivity contribution in [2.24, 2.45) is 5.84 Å². The van der Waals surface area contributed by atoms with Gasteiger partial charge in [-0.15, -0.1) is 0 Å². The van der Waals surface area contributed by atoms with Crippen LogP contribution in [0.3, 0.4) is 0 Å². The molecule has 1 atom stereocenters. The van der Waals surface area contributed by atoms with Crippen LogP contribution in [0.2, 0.25) is 0 Å². The molecule has 3 heteroatoms. The Hall–Kier alpha value is -0.910. The Morgan fingerprint density at radius 3 is 2.32 bits per heavy atom. The van der Waals surface area contributed by atoms with Gasteiger partial charge in [-0.2, -0.15) is 0 Å². The molecule has 0 aliphatic rings. The molecule has 0 aliphatic carbocycles. The molecule has 2 aromatic rings. The molecule has 2 aromatic carbocycles. The first-order valence-corrected chi connectivity index (χ1v) is 7.63. The van der Waals surface area contributed by atoms with Gasteiger partial charge in [-0.1, -0.05) is 42.5 Å². The normalized spacial score (nSPS) is 12.3. The monoisotopic (exact) mass is 366 g/mol. The molecule has 0 spiro atoms. The highest BCUT2D eigenvalue weighted by molar-refractivity contribution is 14.1. The van der Waals surface area contributed by atoms with E-state index in [-0.39, 0.29) is 6.04 Å². The quantitative estimate of drug-likeness (QED) is 0.464. The SMILES string of the molecule is NNC(CCCc1ccccc1)c1ccc(I)cc1. The summed E-state index contributed by atoms with van der Waals surface area (Å²) in [5.41, 5.74) is 5.57. The van der Waals surface area contributed by atoms with Gasteiger partial charge in [-0.05, 0) is 65.1 Å². The van der Waals surface area contributed by atoms with Crippen LogP contribution in [-0.2, 0) is 6.42 Å². The maximum Gasteiger partial charge on any atom is 0.0460 e. The molecule has 0 heterocycles. The van der Waals surface area contributed by atoms with E-state index in [1.54, 1.807) is 0 Å². The number of hydrogen-bond acceptors (Lipinski definition) is 2. The van der Waals surface area contributed by atoms with E-state index in [1.165, 1.54) is 14.7 Å². The molecule has 0 amide bonds. The van der Waals surface area contributed by atoms with E-state index in [2.05, 4.69) is 82.6 Å². The van der Waals surface area contributed by atoms with Crippen LogP contribution in [-0.4, -0.2) is 0 Å². The highest BCUT2D eigenvalue weighted by Crippen LogP contribution is 2.20. The van der Waals surface area contributed by atoms with Crippen molar-refractivity contribution in [3.63, 3.8) is 0 Å². The van der Waals surface area contributed by atoms with Crippen molar-refractivity contribution in [1.29, 1.82) is 0 Å². The molecular weight excluding hydrogens is 347 g/mol. The fraction of sp³-hybridized carbons (Fsp3) is 0.250. The highest BCUT2D eigenvalue weighted by Gasteiger charge is 2.08. The van der Waals surface area contributed by atoms with Crippen LogP contribution in [0, 0.1) is 3.57 Å². The molecular formula is C16H19IN2. The van der Waals surface area contributed by atoms with Crippen molar-refractivity contribution < 1.29 is 0 Å². The zero-order valence-corrected chi connectivity index (χ0v) is 13.0. The third-order valence-electron chi connectivity index (χ3n) is 3.27. The van der Waals surface area contributed by atoms with E-state index in [1.807, 2.05) is 0 Å². The largest absolute Gasteiger partial charge is 0.271 e. The van der Waals surface area contributed by atoms with E-state index < -0.39 is 0 Å². The van der Waals surface area contributed by atoms with Gasteiger partial charge in [-0.25, -0.2) is 0 Å². The molecule has 100 valence electrons. The number of nitrogens with one attached hydrogen (secondary N) is 1. The number of aryl methyl sites for hydroxylation is 1. The molecule has 0 saturated heterocycles. The summed E-state index contributed by atoms with van der Waals surface area (Å²) >= 11 is 2.32.